The molecule has 0 saturated carbocycles. The average molecular weight is 435 g/mol. The number of amides is 2. The lowest BCUT2D eigenvalue weighted by Gasteiger charge is -2.31. The molecular formula is C25H26N2O3S. The maximum absolute atomic E-state index is 13.1. The van der Waals surface area contributed by atoms with Crippen molar-refractivity contribution in [2.24, 2.45) is 5.92 Å². The quantitative estimate of drug-likeness (QED) is 0.584. The second-order valence-electron chi connectivity index (χ2n) is 7.60. The standard InChI is InChI=1S/C25H26N2O3S/c28-24(26-15-12-21-9-6-18-31-21)19-13-16-27(17-14-19)25(29)22-10-4-5-11-23(22)30-20-7-2-1-3-8-20/h1-11,18-19H,12-17H2,(H,26,28). The number of carbonyl (C=O) groups excluding carboxylic acids is 2. The van der Waals surface area contributed by atoms with Crippen LogP contribution in [-0.2, 0) is 11.2 Å². The highest BCUT2D eigenvalue weighted by molar-refractivity contribution is 7.09. The van der Waals surface area contributed by atoms with E-state index in [1.807, 2.05) is 64.9 Å². The van der Waals surface area contributed by atoms with Gasteiger partial charge in [0.1, 0.15) is 11.5 Å². The van der Waals surface area contributed by atoms with Crippen LogP contribution in [0.5, 0.6) is 11.5 Å². The van der Waals surface area contributed by atoms with Crippen LogP contribution in [0.15, 0.2) is 72.1 Å². The average Bonchev–Trinajstić information content (AvgIpc) is 3.33. The second kappa shape index (κ2) is 10.3. The number of piperidine rings is 1. The zero-order valence-electron chi connectivity index (χ0n) is 17.3. The molecule has 0 bridgehead atoms. The van der Waals surface area contributed by atoms with E-state index in [0.29, 0.717) is 49.5 Å². The van der Waals surface area contributed by atoms with Crippen LogP contribution in [0, 0.1) is 5.92 Å². The minimum absolute atomic E-state index is 0.0387. The van der Waals surface area contributed by atoms with Gasteiger partial charge >= 0.3 is 0 Å². The van der Waals surface area contributed by atoms with Crippen LogP contribution in [-0.4, -0.2) is 36.3 Å². The SMILES string of the molecule is O=C(NCCc1cccs1)C1CCN(C(=O)c2ccccc2Oc2ccccc2)CC1. The molecule has 2 aromatic carbocycles. The van der Waals surface area contributed by atoms with Crippen molar-refractivity contribution in [2.75, 3.05) is 19.6 Å². The number of nitrogens with zero attached hydrogens (tertiary/aromatic N) is 1. The summed E-state index contributed by atoms with van der Waals surface area (Å²) in [6, 6.07) is 20.9. The molecule has 4 rings (SSSR count). The molecule has 6 heteroatoms. The lowest BCUT2D eigenvalue weighted by atomic mass is 9.95. The fourth-order valence-electron chi connectivity index (χ4n) is 3.77. The van der Waals surface area contributed by atoms with Crippen LogP contribution in [0.1, 0.15) is 28.1 Å². The third-order valence-electron chi connectivity index (χ3n) is 5.49. The third-order valence-corrected chi connectivity index (χ3v) is 6.43. The summed E-state index contributed by atoms with van der Waals surface area (Å²) in [7, 11) is 0. The van der Waals surface area contributed by atoms with Crippen molar-refractivity contribution in [3.8, 4) is 11.5 Å². The van der Waals surface area contributed by atoms with E-state index in [0.717, 1.165) is 6.42 Å². The number of rotatable bonds is 7. The summed E-state index contributed by atoms with van der Waals surface area (Å²) < 4.78 is 5.94. The lowest BCUT2D eigenvalue weighted by molar-refractivity contribution is -0.126. The summed E-state index contributed by atoms with van der Waals surface area (Å²) in [5.74, 6) is 1.25. The van der Waals surface area contributed by atoms with Crippen molar-refractivity contribution in [3.05, 3.63) is 82.6 Å². The first-order valence-corrected chi connectivity index (χ1v) is 11.5. The fourth-order valence-corrected chi connectivity index (χ4v) is 4.48. The van der Waals surface area contributed by atoms with Gasteiger partial charge in [0.05, 0.1) is 5.56 Å². The summed E-state index contributed by atoms with van der Waals surface area (Å²) in [5, 5.41) is 5.10. The summed E-state index contributed by atoms with van der Waals surface area (Å²) >= 11 is 1.71. The molecule has 0 aliphatic carbocycles. The molecule has 5 nitrogen and oxygen atoms in total. The number of hydrogen-bond acceptors (Lipinski definition) is 4. The molecule has 31 heavy (non-hydrogen) atoms. The van der Waals surface area contributed by atoms with Crippen molar-refractivity contribution in [2.45, 2.75) is 19.3 Å². The van der Waals surface area contributed by atoms with Crippen molar-refractivity contribution in [1.82, 2.24) is 10.2 Å². The molecule has 0 unspecified atom stereocenters. The van der Waals surface area contributed by atoms with E-state index in [2.05, 4.69) is 11.4 Å². The number of carbonyl (C=O) groups is 2. The van der Waals surface area contributed by atoms with Gasteiger partial charge in [0, 0.05) is 30.4 Å². The molecule has 1 N–H and O–H groups in total. The van der Waals surface area contributed by atoms with Gasteiger partial charge in [-0.15, -0.1) is 11.3 Å². The largest absolute Gasteiger partial charge is 0.457 e. The van der Waals surface area contributed by atoms with Gasteiger partial charge < -0.3 is 15.0 Å². The maximum Gasteiger partial charge on any atom is 0.257 e. The van der Waals surface area contributed by atoms with E-state index >= 15 is 0 Å². The number of ether oxygens (including phenoxy) is 1. The predicted molar refractivity (Wildman–Crippen MR) is 123 cm³/mol. The van der Waals surface area contributed by atoms with Crippen molar-refractivity contribution in [3.63, 3.8) is 0 Å². The molecule has 0 atom stereocenters. The number of likely N-dealkylation sites (tertiary alicyclic amines) is 1. The molecule has 2 heterocycles. The molecule has 0 radical (unpaired) electrons. The Bertz CT molecular complexity index is 997. The Balaban J connectivity index is 1.31. The summed E-state index contributed by atoms with van der Waals surface area (Å²) in [5.41, 5.74) is 0.546. The minimum atomic E-state index is -0.0527. The van der Waals surface area contributed by atoms with E-state index < -0.39 is 0 Å². The number of thiophene rings is 1. The molecule has 3 aromatic rings. The Labute approximate surface area is 186 Å². The predicted octanol–water partition coefficient (Wildman–Crippen LogP) is 4.75. The molecule has 160 valence electrons. The van der Waals surface area contributed by atoms with Gasteiger partial charge in [-0.2, -0.15) is 0 Å². The molecule has 1 saturated heterocycles. The minimum Gasteiger partial charge on any atom is -0.457 e. The monoisotopic (exact) mass is 434 g/mol. The van der Waals surface area contributed by atoms with E-state index in [1.165, 1.54) is 4.88 Å². The Hall–Kier alpha value is -3.12. The zero-order chi connectivity index (χ0) is 21.5. The first kappa shape index (κ1) is 21.1. The molecule has 1 aromatic heterocycles. The molecule has 0 spiro atoms. The topological polar surface area (TPSA) is 58.6 Å². The Kier molecular flexibility index (Phi) is 6.99. The van der Waals surface area contributed by atoms with Gasteiger partial charge in [-0.25, -0.2) is 0 Å². The van der Waals surface area contributed by atoms with Gasteiger partial charge in [0.25, 0.3) is 5.91 Å². The van der Waals surface area contributed by atoms with Crippen LogP contribution in [0.4, 0.5) is 0 Å². The Morgan fingerprint density at radius 2 is 1.71 bits per heavy atom. The van der Waals surface area contributed by atoms with Crippen LogP contribution in [0.3, 0.4) is 0 Å². The zero-order valence-corrected chi connectivity index (χ0v) is 18.1. The second-order valence-corrected chi connectivity index (χ2v) is 8.63. The molecule has 1 fully saturated rings. The van der Waals surface area contributed by atoms with Crippen molar-refractivity contribution >= 4 is 23.2 Å². The van der Waals surface area contributed by atoms with Crippen LogP contribution in [0.25, 0.3) is 0 Å². The van der Waals surface area contributed by atoms with E-state index in [4.69, 9.17) is 4.74 Å². The van der Waals surface area contributed by atoms with Crippen molar-refractivity contribution in [1.29, 1.82) is 0 Å². The van der Waals surface area contributed by atoms with Gasteiger partial charge in [0.2, 0.25) is 5.91 Å². The molecule has 1 aliphatic heterocycles. The van der Waals surface area contributed by atoms with Crippen LogP contribution < -0.4 is 10.1 Å². The molecule has 1 aliphatic rings. The Morgan fingerprint density at radius 1 is 0.968 bits per heavy atom. The Morgan fingerprint density at radius 3 is 2.45 bits per heavy atom. The number of hydrogen-bond donors (Lipinski definition) is 1. The summed E-state index contributed by atoms with van der Waals surface area (Å²) in [6.07, 6.45) is 2.22. The molecule has 2 amide bonds. The summed E-state index contributed by atoms with van der Waals surface area (Å²) in [6.45, 7) is 1.80. The van der Waals surface area contributed by atoms with E-state index in [-0.39, 0.29) is 17.7 Å². The van der Waals surface area contributed by atoms with Gasteiger partial charge in [0.15, 0.2) is 0 Å². The van der Waals surface area contributed by atoms with Gasteiger partial charge in [-0.3, -0.25) is 9.59 Å². The lowest BCUT2D eigenvalue weighted by Crippen LogP contribution is -2.43. The van der Waals surface area contributed by atoms with Crippen molar-refractivity contribution < 1.29 is 14.3 Å². The number of para-hydroxylation sites is 2. The maximum atomic E-state index is 13.1. The first-order valence-electron chi connectivity index (χ1n) is 10.6. The number of nitrogens with one attached hydrogen (secondary N) is 1. The van der Waals surface area contributed by atoms with Gasteiger partial charge in [-0.05, 0) is 55.0 Å². The van der Waals surface area contributed by atoms with E-state index in [9.17, 15) is 9.59 Å². The highest BCUT2D eigenvalue weighted by Crippen LogP contribution is 2.27. The highest BCUT2D eigenvalue weighted by atomic mass is 32.1. The normalized spacial score (nSPS) is 14.3. The molecular weight excluding hydrogens is 408 g/mol. The number of benzene rings is 2. The van der Waals surface area contributed by atoms with Crippen LogP contribution in [0.2, 0.25) is 0 Å². The fraction of sp³-hybridized carbons (Fsp3) is 0.280. The van der Waals surface area contributed by atoms with Crippen LogP contribution >= 0.6 is 11.3 Å². The van der Waals surface area contributed by atoms with E-state index in [1.54, 1.807) is 17.4 Å². The third kappa shape index (κ3) is 5.52. The summed E-state index contributed by atoms with van der Waals surface area (Å²) in [4.78, 5) is 28.7. The first-order chi connectivity index (χ1) is 15.2. The van der Waals surface area contributed by atoms with Gasteiger partial charge in [-0.1, -0.05) is 36.4 Å². The highest BCUT2D eigenvalue weighted by Gasteiger charge is 2.28. The smallest absolute Gasteiger partial charge is 0.257 e.